The van der Waals surface area contributed by atoms with Gasteiger partial charge in [0.15, 0.2) is 12.6 Å². The number of ketones is 3. The van der Waals surface area contributed by atoms with E-state index in [1.165, 1.54) is 6.92 Å². The van der Waals surface area contributed by atoms with Gasteiger partial charge >= 0.3 is 0 Å². The summed E-state index contributed by atoms with van der Waals surface area (Å²) in [5.74, 6) is 1.16. The third-order valence-corrected chi connectivity index (χ3v) is 5.96. The van der Waals surface area contributed by atoms with Crippen LogP contribution in [-0.2, 0) is 38.1 Å². The van der Waals surface area contributed by atoms with Crippen LogP contribution >= 0.6 is 0 Å². The van der Waals surface area contributed by atoms with Crippen molar-refractivity contribution >= 4 is 28.1 Å². The fourth-order valence-corrected chi connectivity index (χ4v) is 3.77. The van der Waals surface area contributed by atoms with Gasteiger partial charge in [-0.3, -0.25) is 9.59 Å². The van der Waals surface area contributed by atoms with Gasteiger partial charge in [0, 0.05) is 44.6 Å². The monoisotopic (exact) mass is 576 g/mol. The molecule has 0 spiro atoms. The van der Waals surface area contributed by atoms with E-state index in [4.69, 9.17) is 33.2 Å². The van der Waals surface area contributed by atoms with Crippen molar-refractivity contribution in [2.24, 2.45) is 0 Å². The first kappa shape index (κ1) is 34.3. The van der Waals surface area contributed by atoms with E-state index in [1.54, 1.807) is 14.0 Å². The maximum atomic E-state index is 12.0. The van der Waals surface area contributed by atoms with E-state index in [9.17, 15) is 14.4 Å². The Balaban J connectivity index is 1.70. The summed E-state index contributed by atoms with van der Waals surface area (Å²) in [6.45, 7) is 8.18. The van der Waals surface area contributed by atoms with E-state index >= 15 is 0 Å². The van der Waals surface area contributed by atoms with Gasteiger partial charge in [-0.15, -0.1) is 0 Å². The van der Waals surface area contributed by atoms with Crippen LogP contribution < -0.4 is 9.47 Å². The third kappa shape index (κ3) is 15.1. The Kier molecular flexibility index (Phi) is 16.8. The number of carbonyl (C=O) groups is 3. The molecular weight excluding hydrogens is 532 g/mol. The van der Waals surface area contributed by atoms with Crippen LogP contribution in [0.3, 0.4) is 0 Å². The van der Waals surface area contributed by atoms with Gasteiger partial charge < -0.3 is 38.0 Å². The molecule has 0 heterocycles. The summed E-state index contributed by atoms with van der Waals surface area (Å²) in [6.07, 6.45) is -0.0951. The van der Waals surface area contributed by atoms with Crippen LogP contribution in [-0.4, -0.2) is 83.3 Å². The predicted molar refractivity (Wildman–Crippen MR) is 153 cm³/mol. The number of rotatable bonds is 24. The lowest BCUT2D eigenvalue weighted by molar-refractivity contribution is -0.127. The second-order valence-electron chi connectivity index (χ2n) is 9.50. The summed E-state index contributed by atoms with van der Waals surface area (Å²) in [5, 5.41) is 1.84. The zero-order valence-corrected chi connectivity index (χ0v) is 24.7. The first-order valence-electron chi connectivity index (χ1n) is 14.0. The third-order valence-electron chi connectivity index (χ3n) is 5.96. The number of methoxy groups -OCH3 is 1. The van der Waals surface area contributed by atoms with Crippen LogP contribution in [0.5, 0.6) is 11.5 Å². The van der Waals surface area contributed by atoms with E-state index in [2.05, 4.69) is 0 Å². The van der Waals surface area contributed by atoms with Crippen molar-refractivity contribution in [3.8, 4) is 11.5 Å². The van der Waals surface area contributed by atoms with Crippen LogP contribution in [0, 0.1) is 0 Å². The molecule has 2 aromatic rings. The molecule has 228 valence electrons. The summed E-state index contributed by atoms with van der Waals surface area (Å²) in [6, 6.07) is 11.4. The van der Waals surface area contributed by atoms with Crippen molar-refractivity contribution in [1.29, 1.82) is 0 Å². The number of hydrogen-bond acceptors (Lipinski definition) is 10. The minimum absolute atomic E-state index is 0.0267. The summed E-state index contributed by atoms with van der Waals surface area (Å²) in [5.41, 5.74) is 0. The molecule has 0 amide bonds. The van der Waals surface area contributed by atoms with E-state index in [0.29, 0.717) is 51.1 Å². The average Bonchev–Trinajstić information content (AvgIpc) is 2.94. The maximum absolute atomic E-state index is 12.0. The van der Waals surface area contributed by atoms with Crippen molar-refractivity contribution in [1.82, 2.24) is 0 Å². The van der Waals surface area contributed by atoms with Crippen molar-refractivity contribution in [3.05, 3.63) is 36.4 Å². The van der Waals surface area contributed by atoms with Crippen LogP contribution in [0.2, 0.25) is 0 Å². The zero-order valence-electron chi connectivity index (χ0n) is 24.7. The Morgan fingerprint density at radius 2 is 1.29 bits per heavy atom. The molecule has 10 nitrogen and oxygen atoms in total. The van der Waals surface area contributed by atoms with Crippen LogP contribution in [0.1, 0.15) is 52.9 Å². The van der Waals surface area contributed by atoms with Gasteiger partial charge in [-0.1, -0.05) is 12.1 Å². The normalized spacial score (nSPS) is 12.7. The first-order valence-corrected chi connectivity index (χ1v) is 14.0. The molecule has 0 N–H and O–H groups in total. The van der Waals surface area contributed by atoms with E-state index in [0.717, 1.165) is 10.8 Å². The van der Waals surface area contributed by atoms with E-state index in [-0.39, 0.29) is 56.1 Å². The van der Waals surface area contributed by atoms with Gasteiger partial charge in [0.05, 0.1) is 46.2 Å². The molecular formula is C31H44O10. The molecule has 0 aliphatic carbocycles. The van der Waals surface area contributed by atoms with Gasteiger partial charge in [0.25, 0.3) is 0 Å². The molecule has 0 radical (unpaired) electrons. The van der Waals surface area contributed by atoms with E-state index < -0.39 is 12.6 Å². The number of hydrogen-bond donors (Lipinski definition) is 0. The van der Waals surface area contributed by atoms with Gasteiger partial charge in [-0.2, -0.15) is 0 Å². The van der Waals surface area contributed by atoms with Gasteiger partial charge in [-0.05, 0) is 50.4 Å². The molecule has 41 heavy (non-hydrogen) atoms. The quantitative estimate of drug-likeness (QED) is 0.129. The second-order valence-corrected chi connectivity index (χ2v) is 9.50. The fraction of sp³-hybridized carbons (Fsp3) is 0.581. The Hall–Kier alpha value is -2.89. The van der Waals surface area contributed by atoms with Gasteiger partial charge in [-0.25, -0.2) is 0 Å². The lowest BCUT2D eigenvalue weighted by atomic mass is 10.1. The summed E-state index contributed by atoms with van der Waals surface area (Å²) in [7, 11) is 1.63. The highest BCUT2D eigenvalue weighted by Gasteiger charge is 2.12. The Morgan fingerprint density at radius 3 is 2.00 bits per heavy atom. The molecule has 0 aliphatic rings. The molecule has 0 saturated heterocycles. The molecule has 0 bridgehead atoms. The highest BCUT2D eigenvalue weighted by Crippen LogP contribution is 2.30. The van der Waals surface area contributed by atoms with Gasteiger partial charge in [0.1, 0.15) is 28.8 Å². The Bertz CT molecular complexity index is 1070. The number of ether oxygens (including phenoxy) is 7. The first-order chi connectivity index (χ1) is 19.8. The van der Waals surface area contributed by atoms with Crippen molar-refractivity contribution < 1.29 is 47.5 Å². The Labute approximate surface area is 242 Å². The second kappa shape index (κ2) is 20.1. The molecule has 2 unspecified atom stereocenters. The molecule has 0 saturated carbocycles. The smallest absolute Gasteiger partial charge is 0.197 e. The van der Waals surface area contributed by atoms with Crippen molar-refractivity contribution in [2.45, 2.75) is 65.5 Å². The topological polar surface area (TPSA) is 116 Å². The highest BCUT2D eigenvalue weighted by molar-refractivity contribution is 5.89. The average molecular weight is 577 g/mol. The summed E-state index contributed by atoms with van der Waals surface area (Å²) >= 11 is 0. The van der Waals surface area contributed by atoms with Crippen LogP contribution in [0.4, 0.5) is 0 Å². The van der Waals surface area contributed by atoms with Crippen molar-refractivity contribution in [3.63, 3.8) is 0 Å². The summed E-state index contributed by atoms with van der Waals surface area (Å²) < 4.78 is 39.0. The number of carbonyl (C=O) groups excluding carboxylic acids is 3. The standard InChI is InChI=1S/C31H44O10/c1-23(32)8-9-27(33)10-11-28(34)14-15-38-24(2)40-29-12-13-30-26(22-29)6-5-7-31(30)41-25(3)39-21-20-37-19-18-36-17-16-35-4/h5-7,12-13,22,24-25H,8-11,14-21H2,1-4H3. The Morgan fingerprint density at radius 1 is 0.683 bits per heavy atom. The summed E-state index contributed by atoms with van der Waals surface area (Å²) in [4.78, 5) is 34.7. The molecule has 0 aromatic heterocycles. The van der Waals surface area contributed by atoms with Crippen LogP contribution in [0.25, 0.3) is 10.8 Å². The number of benzene rings is 2. The lowest BCUT2D eigenvalue weighted by Crippen LogP contribution is -2.20. The maximum Gasteiger partial charge on any atom is 0.197 e. The fourth-order valence-electron chi connectivity index (χ4n) is 3.77. The molecule has 2 atom stereocenters. The van der Waals surface area contributed by atoms with Crippen molar-refractivity contribution in [2.75, 3.05) is 53.4 Å². The molecule has 2 rings (SSSR count). The zero-order chi connectivity index (χ0) is 29.9. The molecule has 2 aromatic carbocycles. The molecule has 0 aliphatic heterocycles. The SMILES string of the molecule is COCCOCCOCCOC(C)Oc1cccc2cc(OC(C)OCCC(=O)CCC(=O)CCC(C)=O)ccc12. The molecule has 0 fully saturated rings. The lowest BCUT2D eigenvalue weighted by Gasteiger charge is -2.18. The minimum atomic E-state index is -0.565. The number of fused-ring (bicyclic) bond motifs is 1. The minimum Gasteiger partial charge on any atom is -0.465 e. The highest BCUT2D eigenvalue weighted by atomic mass is 16.7. The van der Waals surface area contributed by atoms with E-state index in [1.807, 2.05) is 43.3 Å². The van der Waals surface area contributed by atoms with Crippen LogP contribution in [0.15, 0.2) is 36.4 Å². The number of Topliss-reactive ketones (excluding diaryl/α,β-unsaturated/α-hetero) is 3. The predicted octanol–water partition coefficient (Wildman–Crippen LogP) is 4.68. The largest absolute Gasteiger partial charge is 0.465 e. The van der Waals surface area contributed by atoms with Gasteiger partial charge in [0.2, 0.25) is 0 Å². The molecule has 10 heteroatoms.